The van der Waals surface area contributed by atoms with E-state index in [1.54, 1.807) is 0 Å². The number of aromatic nitrogens is 1. The highest BCUT2D eigenvalue weighted by atomic mass is 35.5. The average molecular weight is 316 g/mol. The molecular weight excluding hydrogens is 293 g/mol. The van der Waals surface area contributed by atoms with Crippen LogP contribution < -0.4 is 10.2 Å². The Morgan fingerprint density at radius 2 is 1.75 bits per heavy atom. The third kappa shape index (κ3) is 4.16. The molecule has 0 radical (unpaired) electrons. The van der Waals surface area contributed by atoms with Crippen molar-refractivity contribution in [2.45, 2.75) is 45.4 Å². The lowest BCUT2D eigenvalue weighted by Gasteiger charge is -2.27. The first kappa shape index (κ1) is 15.7. The van der Waals surface area contributed by atoms with Crippen molar-refractivity contribution in [1.29, 1.82) is 0 Å². The van der Waals surface area contributed by atoms with E-state index in [1.165, 1.54) is 32.1 Å². The topological polar surface area (TPSA) is 28.2 Å². The van der Waals surface area contributed by atoms with Crippen molar-refractivity contribution in [3.63, 3.8) is 0 Å². The van der Waals surface area contributed by atoms with E-state index in [0.29, 0.717) is 10.0 Å². The normalized spacial score (nSPS) is 16.6. The van der Waals surface area contributed by atoms with E-state index >= 15 is 0 Å². The Morgan fingerprint density at radius 3 is 2.40 bits per heavy atom. The molecule has 0 bridgehead atoms. The minimum absolute atomic E-state index is 0.597. The van der Waals surface area contributed by atoms with Crippen LogP contribution in [0.2, 0.25) is 10.0 Å². The van der Waals surface area contributed by atoms with Crippen molar-refractivity contribution < 1.29 is 0 Å². The van der Waals surface area contributed by atoms with Crippen LogP contribution in [0.4, 0.5) is 11.6 Å². The van der Waals surface area contributed by atoms with Gasteiger partial charge in [0, 0.05) is 19.6 Å². The minimum atomic E-state index is 0.597. The lowest BCUT2D eigenvalue weighted by atomic mass is 10.1. The summed E-state index contributed by atoms with van der Waals surface area (Å²) < 4.78 is 0. The molecule has 0 amide bonds. The van der Waals surface area contributed by atoms with Gasteiger partial charge in [-0.05, 0) is 25.3 Å². The van der Waals surface area contributed by atoms with Crippen LogP contribution in [-0.2, 0) is 0 Å². The van der Waals surface area contributed by atoms with Crippen molar-refractivity contribution in [3.05, 3.63) is 16.1 Å². The van der Waals surface area contributed by atoms with Gasteiger partial charge in [-0.1, -0.05) is 49.4 Å². The van der Waals surface area contributed by atoms with Gasteiger partial charge in [0.05, 0.1) is 10.0 Å². The second-order valence-electron chi connectivity index (χ2n) is 5.31. The SMILES string of the molecule is CCCNc1nc(N2CCCCCCC2)c(Cl)cc1Cl. The van der Waals surface area contributed by atoms with Crippen LogP contribution in [-0.4, -0.2) is 24.6 Å². The Balaban J connectivity index is 2.19. The van der Waals surface area contributed by atoms with E-state index < -0.39 is 0 Å². The molecule has 0 unspecified atom stereocenters. The highest BCUT2D eigenvalue weighted by Gasteiger charge is 2.16. The van der Waals surface area contributed by atoms with Crippen molar-refractivity contribution in [2.24, 2.45) is 0 Å². The fraction of sp³-hybridized carbons (Fsp3) is 0.667. The van der Waals surface area contributed by atoms with Crippen LogP contribution in [0.25, 0.3) is 0 Å². The summed E-state index contributed by atoms with van der Waals surface area (Å²) in [6, 6.07) is 1.81. The zero-order valence-corrected chi connectivity index (χ0v) is 13.6. The Hall–Kier alpha value is -0.670. The molecule has 20 heavy (non-hydrogen) atoms. The monoisotopic (exact) mass is 315 g/mol. The summed E-state index contributed by atoms with van der Waals surface area (Å²) in [5.74, 6) is 1.62. The number of anilines is 2. The Morgan fingerprint density at radius 1 is 1.10 bits per heavy atom. The molecular formula is C15H23Cl2N3. The largest absolute Gasteiger partial charge is 0.369 e. The standard InChI is InChI=1S/C15H23Cl2N3/c1-2-8-18-14-12(16)11-13(17)15(19-14)20-9-6-4-3-5-7-10-20/h11H,2-10H2,1H3,(H,18,19). The van der Waals surface area contributed by atoms with E-state index in [-0.39, 0.29) is 0 Å². The van der Waals surface area contributed by atoms with Crippen molar-refractivity contribution in [3.8, 4) is 0 Å². The minimum Gasteiger partial charge on any atom is -0.369 e. The quantitative estimate of drug-likeness (QED) is 0.849. The van der Waals surface area contributed by atoms with E-state index in [9.17, 15) is 0 Å². The fourth-order valence-electron chi connectivity index (χ4n) is 2.51. The molecule has 112 valence electrons. The number of nitrogens with one attached hydrogen (secondary N) is 1. The van der Waals surface area contributed by atoms with Gasteiger partial charge in [-0.15, -0.1) is 0 Å². The number of halogens is 2. The van der Waals surface area contributed by atoms with Crippen LogP contribution in [0.3, 0.4) is 0 Å². The zero-order chi connectivity index (χ0) is 14.4. The first-order chi connectivity index (χ1) is 9.72. The third-order valence-electron chi connectivity index (χ3n) is 3.61. The van der Waals surface area contributed by atoms with Crippen molar-refractivity contribution in [1.82, 2.24) is 4.98 Å². The van der Waals surface area contributed by atoms with Gasteiger partial charge in [-0.3, -0.25) is 0 Å². The summed E-state index contributed by atoms with van der Waals surface area (Å²) in [5.41, 5.74) is 0. The second kappa shape index (κ2) is 7.94. The molecule has 0 atom stereocenters. The van der Waals surface area contributed by atoms with Gasteiger partial charge in [0.25, 0.3) is 0 Å². The number of pyridine rings is 1. The van der Waals surface area contributed by atoms with Crippen LogP contribution in [0.1, 0.15) is 45.4 Å². The van der Waals surface area contributed by atoms with Gasteiger partial charge in [0.2, 0.25) is 0 Å². The molecule has 2 rings (SSSR count). The number of hydrogen-bond acceptors (Lipinski definition) is 3. The molecule has 1 saturated heterocycles. The number of rotatable bonds is 4. The molecule has 3 nitrogen and oxygen atoms in total. The average Bonchev–Trinajstić information content (AvgIpc) is 2.38. The molecule has 2 heterocycles. The van der Waals surface area contributed by atoms with Crippen LogP contribution in [0, 0.1) is 0 Å². The van der Waals surface area contributed by atoms with Crippen LogP contribution in [0.15, 0.2) is 6.07 Å². The van der Waals surface area contributed by atoms with Gasteiger partial charge in [-0.25, -0.2) is 4.98 Å². The molecule has 1 aliphatic rings. The summed E-state index contributed by atoms with van der Waals surface area (Å²) in [6.07, 6.45) is 7.39. The first-order valence-electron chi connectivity index (χ1n) is 7.57. The molecule has 1 aromatic rings. The van der Waals surface area contributed by atoms with E-state index in [1.807, 2.05) is 6.07 Å². The van der Waals surface area contributed by atoms with Crippen LogP contribution >= 0.6 is 23.2 Å². The summed E-state index contributed by atoms with van der Waals surface area (Å²) in [4.78, 5) is 6.96. The third-order valence-corrected chi connectivity index (χ3v) is 4.18. The highest BCUT2D eigenvalue weighted by molar-refractivity contribution is 6.37. The van der Waals surface area contributed by atoms with Crippen LogP contribution in [0.5, 0.6) is 0 Å². The summed E-state index contributed by atoms with van der Waals surface area (Å²) in [5, 5.41) is 4.52. The molecule has 0 saturated carbocycles. The van der Waals surface area contributed by atoms with E-state index in [4.69, 9.17) is 23.2 Å². The molecule has 1 fully saturated rings. The fourth-order valence-corrected chi connectivity index (χ4v) is 3.05. The molecule has 1 N–H and O–H groups in total. The molecule has 0 spiro atoms. The summed E-state index contributed by atoms with van der Waals surface area (Å²) >= 11 is 12.6. The predicted octanol–water partition coefficient (Wildman–Crippen LogP) is 4.98. The number of nitrogens with zero attached hydrogens (tertiary/aromatic N) is 2. The maximum Gasteiger partial charge on any atom is 0.149 e. The van der Waals surface area contributed by atoms with Gasteiger partial charge in [-0.2, -0.15) is 0 Å². The molecule has 5 heteroatoms. The molecule has 1 aliphatic heterocycles. The molecule has 0 aliphatic carbocycles. The van der Waals surface area contributed by atoms with E-state index in [0.717, 1.165) is 37.7 Å². The lowest BCUT2D eigenvalue weighted by Crippen LogP contribution is -2.28. The number of hydrogen-bond donors (Lipinski definition) is 1. The van der Waals surface area contributed by atoms with Gasteiger partial charge < -0.3 is 10.2 Å². The Bertz CT molecular complexity index is 429. The smallest absolute Gasteiger partial charge is 0.149 e. The zero-order valence-electron chi connectivity index (χ0n) is 12.1. The van der Waals surface area contributed by atoms with E-state index in [2.05, 4.69) is 22.1 Å². The van der Waals surface area contributed by atoms with Gasteiger partial charge >= 0.3 is 0 Å². The maximum atomic E-state index is 6.35. The first-order valence-corrected chi connectivity index (χ1v) is 8.33. The maximum absolute atomic E-state index is 6.35. The molecule has 1 aromatic heterocycles. The van der Waals surface area contributed by atoms with Crippen molar-refractivity contribution >= 4 is 34.8 Å². The Labute approximate surface area is 131 Å². The summed E-state index contributed by atoms with van der Waals surface area (Å²) in [6.45, 7) is 5.05. The van der Waals surface area contributed by atoms with Crippen molar-refractivity contribution in [2.75, 3.05) is 29.9 Å². The van der Waals surface area contributed by atoms with Gasteiger partial charge in [0.15, 0.2) is 0 Å². The summed E-state index contributed by atoms with van der Waals surface area (Å²) in [7, 11) is 0. The van der Waals surface area contributed by atoms with Gasteiger partial charge in [0.1, 0.15) is 11.6 Å². The lowest BCUT2D eigenvalue weighted by molar-refractivity contribution is 0.554. The Kier molecular flexibility index (Phi) is 6.24. The molecule has 0 aromatic carbocycles. The predicted molar refractivity (Wildman–Crippen MR) is 88.3 cm³/mol. The highest BCUT2D eigenvalue weighted by Crippen LogP contribution is 2.32. The second-order valence-corrected chi connectivity index (χ2v) is 6.12.